The van der Waals surface area contributed by atoms with Crippen LogP contribution in [-0.4, -0.2) is 34.3 Å². The summed E-state index contributed by atoms with van der Waals surface area (Å²) in [6.07, 6.45) is -0.195. The van der Waals surface area contributed by atoms with Crippen molar-refractivity contribution in [2.45, 2.75) is 6.42 Å². The summed E-state index contributed by atoms with van der Waals surface area (Å²) < 4.78 is 30.3. The van der Waals surface area contributed by atoms with Gasteiger partial charge < -0.3 is 10.5 Å². The van der Waals surface area contributed by atoms with Crippen LogP contribution in [0.5, 0.6) is 0 Å². The molecule has 0 aliphatic carbocycles. The molecule has 2 N–H and O–H groups in total. The van der Waals surface area contributed by atoms with Gasteiger partial charge in [-0.15, -0.1) is 0 Å². The Morgan fingerprint density at radius 1 is 1.47 bits per heavy atom. The van der Waals surface area contributed by atoms with E-state index in [1.54, 1.807) is 18.2 Å². The lowest BCUT2D eigenvalue weighted by Crippen LogP contribution is -2.30. The molecular weight excluding hydrogens is 336 g/mol. The van der Waals surface area contributed by atoms with E-state index < -0.39 is 16.0 Å². The van der Waals surface area contributed by atoms with Gasteiger partial charge in [-0.25, -0.2) is 8.42 Å². The van der Waals surface area contributed by atoms with E-state index in [4.69, 9.17) is 5.73 Å². The van der Waals surface area contributed by atoms with Crippen molar-refractivity contribution < 1.29 is 17.9 Å². The van der Waals surface area contributed by atoms with Crippen molar-refractivity contribution in [1.82, 2.24) is 0 Å². The molecule has 0 fully saturated rings. The molecule has 19 heavy (non-hydrogen) atoms. The summed E-state index contributed by atoms with van der Waals surface area (Å²) in [4.78, 5) is 11.0. The molecule has 0 spiro atoms. The molecule has 1 rings (SSSR count). The van der Waals surface area contributed by atoms with E-state index in [9.17, 15) is 13.2 Å². The Bertz CT molecular complexity index is 574. The highest BCUT2D eigenvalue weighted by atomic mass is 79.9. The number of halogens is 1. The summed E-state index contributed by atoms with van der Waals surface area (Å²) in [6.45, 7) is 0. The first kappa shape index (κ1) is 15.8. The lowest BCUT2D eigenvalue weighted by Gasteiger charge is -2.20. The van der Waals surface area contributed by atoms with Gasteiger partial charge in [0.1, 0.15) is 0 Å². The second-order valence-corrected chi connectivity index (χ2v) is 6.85. The van der Waals surface area contributed by atoms with Crippen molar-refractivity contribution in [3.8, 4) is 0 Å². The Morgan fingerprint density at radius 3 is 2.63 bits per heavy atom. The number of hydrogen-bond donors (Lipinski definition) is 1. The van der Waals surface area contributed by atoms with Crippen molar-refractivity contribution in [2.75, 3.05) is 29.9 Å². The minimum atomic E-state index is -3.62. The van der Waals surface area contributed by atoms with Gasteiger partial charge in [0.15, 0.2) is 0 Å². The predicted molar refractivity (Wildman–Crippen MR) is 77.4 cm³/mol. The van der Waals surface area contributed by atoms with Crippen LogP contribution in [0.25, 0.3) is 0 Å². The van der Waals surface area contributed by atoms with Gasteiger partial charge in [-0.3, -0.25) is 9.10 Å². The van der Waals surface area contributed by atoms with Crippen LogP contribution in [0.4, 0.5) is 11.4 Å². The molecule has 0 aliphatic rings. The second-order valence-electron chi connectivity index (χ2n) is 3.81. The minimum absolute atomic E-state index is 0.195. The van der Waals surface area contributed by atoms with Gasteiger partial charge in [0.05, 0.1) is 30.7 Å². The van der Waals surface area contributed by atoms with E-state index in [2.05, 4.69) is 20.7 Å². The highest BCUT2D eigenvalue weighted by Gasteiger charge is 2.21. The van der Waals surface area contributed by atoms with E-state index in [0.29, 0.717) is 11.4 Å². The summed E-state index contributed by atoms with van der Waals surface area (Å²) in [5, 5.41) is 0. The maximum absolute atomic E-state index is 12.0. The molecule has 1 aromatic carbocycles. The van der Waals surface area contributed by atoms with Gasteiger partial charge >= 0.3 is 5.97 Å². The van der Waals surface area contributed by atoms with Crippen molar-refractivity contribution in [2.24, 2.45) is 0 Å². The molecule has 8 heteroatoms. The molecule has 6 nitrogen and oxygen atoms in total. The first-order chi connectivity index (χ1) is 8.77. The highest BCUT2D eigenvalue weighted by Crippen LogP contribution is 2.27. The Hall–Kier alpha value is -1.28. The molecule has 0 saturated heterocycles. The minimum Gasteiger partial charge on any atom is -0.469 e. The molecule has 0 amide bonds. The molecule has 0 atom stereocenters. The maximum atomic E-state index is 12.0. The number of ether oxygens (including phenoxy) is 1. The van der Waals surface area contributed by atoms with Gasteiger partial charge in [-0.2, -0.15) is 0 Å². The summed E-state index contributed by atoms with van der Waals surface area (Å²) in [5.41, 5.74) is 6.47. The van der Waals surface area contributed by atoms with Crippen molar-refractivity contribution in [3.63, 3.8) is 0 Å². The van der Waals surface area contributed by atoms with Crippen molar-refractivity contribution >= 4 is 43.3 Å². The number of carbonyl (C=O) groups is 1. The Kier molecular flexibility index (Phi) is 5.19. The summed E-state index contributed by atoms with van der Waals surface area (Å²) in [6, 6.07) is 4.90. The standard InChI is InChI=1S/C11H15BrN2O4S/c1-14(10-4-3-8(12)7-9(10)13)19(16,17)6-5-11(15)18-2/h3-4,7H,5-6,13H2,1-2H3. The number of esters is 1. The van der Waals surface area contributed by atoms with Crippen LogP contribution in [-0.2, 0) is 19.6 Å². The lowest BCUT2D eigenvalue weighted by molar-refractivity contribution is -0.140. The first-order valence-electron chi connectivity index (χ1n) is 5.36. The van der Waals surface area contributed by atoms with Crippen molar-refractivity contribution in [3.05, 3.63) is 22.7 Å². The maximum Gasteiger partial charge on any atom is 0.306 e. The Morgan fingerprint density at radius 2 is 2.11 bits per heavy atom. The van der Waals surface area contributed by atoms with Crippen LogP contribution in [0.2, 0.25) is 0 Å². The Balaban J connectivity index is 2.91. The SMILES string of the molecule is COC(=O)CCS(=O)(=O)N(C)c1ccc(Br)cc1N. The summed E-state index contributed by atoms with van der Waals surface area (Å²) >= 11 is 3.25. The topological polar surface area (TPSA) is 89.7 Å². The fourth-order valence-electron chi connectivity index (χ4n) is 1.41. The van der Waals surface area contributed by atoms with Gasteiger partial charge in [-0.1, -0.05) is 15.9 Å². The quantitative estimate of drug-likeness (QED) is 0.639. The average Bonchev–Trinajstić information content (AvgIpc) is 2.35. The fourth-order valence-corrected chi connectivity index (χ4v) is 2.96. The number of carbonyl (C=O) groups excluding carboxylic acids is 1. The van der Waals surface area contributed by atoms with E-state index in [1.165, 1.54) is 14.2 Å². The first-order valence-corrected chi connectivity index (χ1v) is 7.76. The van der Waals surface area contributed by atoms with Crippen molar-refractivity contribution in [1.29, 1.82) is 0 Å². The molecule has 0 bridgehead atoms. The van der Waals surface area contributed by atoms with Gasteiger partial charge in [0, 0.05) is 11.5 Å². The monoisotopic (exact) mass is 350 g/mol. The number of nitrogens with zero attached hydrogens (tertiary/aromatic N) is 1. The van der Waals surface area contributed by atoms with E-state index in [-0.39, 0.29) is 12.2 Å². The molecule has 0 aromatic heterocycles. The third-order valence-corrected chi connectivity index (χ3v) is 4.78. The fraction of sp³-hybridized carbons (Fsp3) is 0.364. The summed E-state index contributed by atoms with van der Waals surface area (Å²) in [5.74, 6) is -0.896. The van der Waals surface area contributed by atoms with Crippen LogP contribution in [0.3, 0.4) is 0 Å². The van der Waals surface area contributed by atoms with Gasteiger partial charge in [0.25, 0.3) is 0 Å². The molecule has 0 saturated carbocycles. The smallest absolute Gasteiger partial charge is 0.306 e. The molecule has 0 heterocycles. The number of sulfonamides is 1. The number of methoxy groups -OCH3 is 1. The number of rotatable bonds is 5. The number of nitrogens with two attached hydrogens (primary N) is 1. The van der Waals surface area contributed by atoms with E-state index in [1.807, 2.05) is 0 Å². The zero-order valence-electron chi connectivity index (χ0n) is 10.6. The highest BCUT2D eigenvalue weighted by molar-refractivity contribution is 9.10. The third kappa shape index (κ3) is 4.10. The second kappa shape index (κ2) is 6.25. The lowest BCUT2D eigenvalue weighted by atomic mass is 10.3. The molecule has 1 aromatic rings. The van der Waals surface area contributed by atoms with Gasteiger partial charge in [-0.05, 0) is 18.2 Å². The van der Waals surface area contributed by atoms with Crippen LogP contribution < -0.4 is 10.0 Å². The molecule has 0 radical (unpaired) electrons. The zero-order chi connectivity index (χ0) is 14.6. The molecular formula is C11H15BrN2O4S. The normalized spacial score (nSPS) is 11.1. The average molecular weight is 351 g/mol. The third-order valence-electron chi connectivity index (χ3n) is 2.54. The Labute approximate surface area is 120 Å². The molecule has 0 aliphatic heterocycles. The summed E-state index contributed by atoms with van der Waals surface area (Å²) in [7, 11) is -1.01. The number of anilines is 2. The van der Waals surface area contributed by atoms with Crippen LogP contribution >= 0.6 is 15.9 Å². The molecule has 0 unspecified atom stereocenters. The number of nitrogen functional groups attached to an aromatic ring is 1. The van der Waals surface area contributed by atoms with E-state index in [0.717, 1.165) is 8.78 Å². The molecule has 106 valence electrons. The van der Waals surface area contributed by atoms with Crippen LogP contribution in [0.15, 0.2) is 22.7 Å². The predicted octanol–water partition coefficient (Wildman–Crippen LogP) is 1.36. The number of hydrogen-bond acceptors (Lipinski definition) is 5. The van der Waals surface area contributed by atoms with Crippen LogP contribution in [0.1, 0.15) is 6.42 Å². The zero-order valence-corrected chi connectivity index (χ0v) is 13.0. The number of benzene rings is 1. The van der Waals surface area contributed by atoms with Gasteiger partial charge in [0.2, 0.25) is 10.0 Å². The van der Waals surface area contributed by atoms with Crippen LogP contribution in [0, 0.1) is 0 Å². The van der Waals surface area contributed by atoms with E-state index >= 15 is 0 Å². The largest absolute Gasteiger partial charge is 0.469 e.